The first-order chi connectivity index (χ1) is 8.95. The van der Waals surface area contributed by atoms with E-state index < -0.39 is 11.7 Å². The lowest BCUT2D eigenvalue weighted by molar-refractivity contribution is 0.102. The molecule has 2 rings (SSSR count). The van der Waals surface area contributed by atoms with Crippen LogP contribution in [0.5, 0.6) is 0 Å². The Bertz CT molecular complexity index is 625. The van der Waals surface area contributed by atoms with Crippen molar-refractivity contribution < 1.29 is 9.18 Å². The van der Waals surface area contributed by atoms with Gasteiger partial charge in [-0.25, -0.2) is 4.39 Å². The number of hydrogen-bond acceptors (Lipinski definition) is 1. The van der Waals surface area contributed by atoms with Gasteiger partial charge in [-0.15, -0.1) is 0 Å². The van der Waals surface area contributed by atoms with Gasteiger partial charge in [0.25, 0.3) is 5.91 Å². The Kier molecular flexibility index (Phi) is 4.22. The van der Waals surface area contributed by atoms with Gasteiger partial charge in [0.05, 0.1) is 5.69 Å². The van der Waals surface area contributed by atoms with Gasteiger partial charge >= 0.3 is 0 Å². The molecule has 5 heteroatoms. The maximum absolute atomic E-state index is 13.6. The lowest BCUT2D eigenvalue weighted by Gasteiger charge is -2.08. The first-order valence-corrected chi connectivity index (χ1v) is 6.66. The summed E-state index contributed by atoms with van der Waals surface area (Å²) in [6, 6.07) is 9.42. The molecule has 2 aromatic carbocycles. The lowest BCUT2D eigenvalue weighted by Crippen LogP contribution is -2.13. The number of nitrogens with one attached hydrogen (secondary N) is 1. The third kappa shape index (κ3) is 3.55. The molecule has 0 fully saturated rings. The summed E-state index contributed by atoms with van der Waals surface area (Å²) in [5.74, 6) is -0.895. The summed E-state index contributed by atoms with van der Waals surface area (Å²) in [4.78, 5) is 12.0. The largest absolute Gasteiger partial charge is 0.319 e. The number of hydrogen-bond donors (Lipinski definition) is 1. The highest BCUT2D eigenvalue weighted by Gasteiger charge is 2.10. The zero-order valence-electron chi connectivity index (χ0n) is 10.0. The molecule has 0 unspecified atom stereocenters. The van der Waals surface area contributed by atoms with E-state index in [-0.39, 0.29) is 5.69 Å². The lowest BCUT2D eigenvalue weighted by atomic mass is 10.1. The summed E-state index contributed by atoms with van der Waals surface area (Å²) >= 11 is 9.05. The van der Waals surface area contributed by atoms with Gasteiger partial charge < -0.3 is 5.32 Å². The first-order valence-electron chi connectivity index (χ1n) is 5.49. The number of anilines is 1. The number of halogens is 3. The van der Waals surface area contributed by atoms with Gasteiger partial charge in [0, 0.05) is 15.1 Å². The molecule has 2 aromatic rings. The van der Waals surface area contributed by atoms with Gasteiger partial charge in [-0.3, -0.25) is 4.79 Å². The molecule has 0 aliphatic carbocycles. The summed E-state index contributed by atoms with van der Waals surface area (Å²) in [5.41, 5.74) is 1.40. The van der Waals surface area contributed by atoms with E-state index in [2.05, 4.69) is 21.2 Å². The molecule has 1 N–H and O–H groups in total. The fourth-order valence-electron chi connectivity index (χ4n) is 1.65. The van der Waals surface area contributed by atoms with E-state index in [4.69, 9.17) is 11.6 Å². The third-order valence-corrected chi connectivity index (χ3v) is 3.20. The van der Waals surface area contributed by atoms with E-state index in [1.165, 1.54) is 12.1 Å². The predicted molar refractivity (Wildman–Crippen MR) is 78.2 cm³/mol. The van der Waals surface area contributed by atoms with Crippen LogP contribution in [0.25, 0.3) is 0 Å². The molecule has 0 aliphatic rings. The molecule has 0 bridgehead atoms. The molecule has 98 valence electrons. The zero-order chi connectivity index (χ0) is 14.0. The highest BCUT2D eigenvalue weighted by Crippen LogP contribution is 2.21. The number of carbonyl (C=O) groups is 1. The van der Waals surface area contributed by atoms with Crippen molar-refractivity contribution in [2.24, 2.45) is 0 Å². The maximum atomic E-state index is 13.6. The van der Waals surface area contributed by atoms with E-state index in [1.54, 1.807) is 24.3 Å². The van der Waals surface area contributed by atoms with Gasteiger partial charge in [-0.2, -0.15) is 0 Å². The Labute approximate surface area is 123 Å². The van der Waals surface area contributed by atoms with Crippen molar-refractivity contribution in [2.45, 2.75) is 6.92 Å². The van der Waals surface area contributed by atoms with E-state index in [0.717, 1.165) is 5.56 Å². The smallest absolute Gasteiger partial charge is 0.255 e. The highest BCUT2D eigenvalue weighted by atomic mass is 79.9. The van der Waals surface area contributed by atoms with E-state index in [0.29, 0.717) is 15.1 Å². The Morgan fingerprint density at radius 1 is 1.26 bits per heavy atom. The van der Waals surface area contributed by atoms with Crippen LogP contribution in [0.1, 0.15) is 15.9 Å². The molecular weight excluding hydrogens is 333 g/mol. The van der Waals surface area contributed by atoms with E-state index in [1.807, 2.05) is 6.92 Å². The van der Waals surface area contributed by atoms with Gasteiger partial charge in [0.2, 0.25) is 0 Å². The first kappa shape index (κ1) is 14.0. The van der Waals surface area contributed by atoms with Crippen molar-refractivity contribution >= 4 is 39.1 Å². The highest BCUT2D eigenvalue weighted by molar-refractivity contribution is 9.10. The van der Waals surface area contributed by atoms with Crippen LogP contribution in [0.3, 0.4) is 0 Å². The molecule has 0 aromatic heterocycles. The third-order valence-electron chi connectivity index (χ3n) is 2.48. The molecule has 0 saturated heterocycles. The summed E-state index contributed by atoms with van der Waals surface area (Å²) in [5, 5.41) is 2.99. The molecule has 0 atom stereocenters. The van der Waals surface area contributed by atoms with Crippen molar-refractivity contribution in [1.29, 1.82) is 0 Å². The molecule has 0 saturated carbocycles. The summed E-state index contributed by atoms with van der Waals surface area (Å²) in [6.45, 7) is 1.84. The Morgan fingerprint density at radius 3 is 2.63 bits per heavy atom. The van der Waals surface area contributed by atoms with Crippen LogP contribution in [0.15, 0.2) is 40.9 Å². The monoisotopic (exact) mass is 341 g/mol. The Hall–Kier alpha value is -1.39. The topological polar surface area (TPSA) is 29.1 Å². The number of benzene rings is 2. The molecule has 0 radical (unpaired) electrons. The predicted octanol–water partition coefficient (Wildman–Crippen LogP) is 4.80. The maximum Gasteiger partial charge on any atom is 0.255 e. The van der Waals surface area contributed by atoms with Gasteiger partial charge in [-0.1, -0.05) is 27.5 Å². The summed E-state index contributed by atoms with van der Waals surface area (Å²) in [7, 11) is 0. The molecule has 0 aliphatic heterocycles. The van der Waals surface area contributed by atoms with Crippen molar-refractivity contribution in [3.8, 4) is 0 Å². The van der Waals surface area contributed by atoms with Gasteiger partial charge in [0.1, 0.15) is 5.82 Å². The van der Waals surface area contributed by atoms with Crippen LogP contribution in [-0.2, 0) is 0 Å². The van der Waals surface area contributed by atoms with Crippen LogP contribution in [0.4, 0.5) is 10.1 Å². The van der Waals surface area contributed by atoms with Crippen molar-refractivity contribution in [1.82, 2.24) is 0 Å². The van der Waals surface area contributed by atoms with Gasteiger partial charge in [0.15, 0.2) is 0 Å². The van der Waals surface area contributed by atoms with Crippen molar-refractivity contribution in [3.05, 3.63) is 62.8 Å². The quantitative estimate of drug-likeness (QED) is 0.834. The molecule has 0 spiro atoms. The minimum atomic E-state index is -0.499. The second kappa shape index (κ2) is 5.72. The molecule has 0 heterocycles. The summed E-state index contributed by atoms with van der Waals surface area (Å²) < 4.78 is 14.2. The molecule has 19 heavy (non-hydrogen) atoms. The standard InChI is InChI=1S/C14H10BrClFNO/c1-8-4-9(6-11(16)5-8)14(19)18-13-3-2-10(15)7-12(13)17/h2-7H,1H3,(H,18,19). The minimum Gasteiger partial charge on any atom is -0.319 e. The van der Waals surface area contributed by atoms with Crippen molar-refractivity contribution in [3.63, 3.8) is 0 Å². The van der Waals surface area contributed by atoms with Crippen LogP contribution in [0.2, 0.25) is 5.02 Å². The van der Waals surface area contributed by atoms with E-state index in [9.17, 15) is 9.18 Å². The number of rotatable bonds is 2. The Balaban J connectivity index is 2.25. The normalized spacial score (nSPS) is 10.3. The van der Waals surface area contributed by atoms with Crippen molar-refractivity contribution in [2.75, 3.05) is 5.32 Å². The second-order valence-corrected chi connectivity index (χ2v) is 5.45. The zero-order valence-corrected chi connectivity index (χ0v) is 12.3. The number of aryl methyl sites for hydroxylation is 1. The van der Waals surface area contributed by atoms with Gasteiger partial charge in [-0.05, 0) is 48.9 Å². The average molecular weight is 343 g/mol. The van der Waals surface area contributed by atoms with Crippen LogP contribution in [0, 0.1) is 12.7 Å². The Morgan fingerprint density at radius 2 is 2.00 bits per heavy atom. The molecular formula is C14H10BrClFNO. The minimum absolute atomic E-state index is 0.130. The summed E-state index contributed by atoms with van der Waals surface area (Å²) in [6.07, 6.45) is 0. The average Bonchev–Trinajstić information content (AvgIpc) is 2.31. The fraction of sp³-hybridized carbons (Fsp3) is 0.0714. The molecule has 1 amide bonds. The van der Waals surface area contributed by atoms with E-state index >= 15 is 0 Å². The number of carbonyl (C=O) groups excluding carboxylic acids is 1. The SMILES string of the molecule is Cc1cc(Cl)cc(C(=O)Nc2ccc(Br)cc2F)c1. The van der Waals surface area contributed by atoms with Crippen LogP contribution in [-0.4, -0.2) is 5.91 Å². The second-order valence-electron chi connectivity index (χ2n) is 4.10. The fourth-order valence-corrected chi connectivity index (χ4v) is 2.28. The molecule has 2 nitrogen and oxygen atoms in total. The number of amides is 1. The van der Waals surface area contributed by atoms with Crippen LogP contribution >= 0.6 is 27.5 Å². The van der Waals surface area contributed by atoms with Crippen LogP contribution < -0.4 is 5.32 Å².